The lowest BCUT2D eigenvalue weighted by molar-refractivity contribution is 0.322. The lowest BCUT2D eigenvalue weighted by atomic mass is 10.2. The smallest absolute Gasteiger partial charge is 0.191 e. The first-order chi connectivity index (χ1) is 12.8. The van der Waals surface area contributed by atoms with Gasteiger partial charge in [0.1, 0.15) is 18.2 Å². The fraction of sp³-hybridized carbons (Fsp3) is 0.200. The normalized spacial score (nSPS) is 11.2. The molecule has 3 aromatic rings. The molecule has 0 saturated heterocycles. The number of aromatic nitrogens is 2. The van der Waals surface area contributed by atoms with Gasteiger partial charge in [-0.15, -0.1) is 0 Å². The van der Waals surface area contributed by atoms with E-state index in [9.17, 15) is 0 Å². The summed E-state index contributed by atoms with van der Waals surface area (Å²) in [6.07, 6.45) is 1.84. The Hall–Kier alpha value is -3.28. The summed E-state index contributed by atoms with van der Waals surface area (Å²) in [4.78, 5) is 11.9. The van der Waals surface area contributed by atoms with Gasteiger partial charge in [-0.2, -0.15) is 0 Å². The Morgan fingerprint density at radius 3 is 2.50 bits per heavy atom. The number of nitrogens with zero attached hydrogens (tertiary/aromatic N) is 2. The van der Waals surface area contributed by atoms with Crippen molar-refractivity contribution in [3.63, 3.8) is 0 Å². The zero-order valence-corrected chi connectivity index (χ0v) is 14.8. The highest BCUT2D eigenvalue weighted by Gasteiger charge is 2.04. The second-order valence-corrected chi connectivity index (χ2v) is 5.62. The topological polar surface area (TPSA) is 74.3 Å². The molecule has 0 aliphatic carbocycles. The molecule has 0 unspecified atom stereocenters. The van der Waals surface area contributed by atoms with E-state index in [4.69, 9.17) is 4.74 Å². The van der Waals surface area contributed by atoms with Gasteiger partial charge in [-0.3, -0.25) is 4.99 Å². The van der Waals surface area contributed by atoms with Crippen molar-refractivity contribution in [1.29, 1.82) is 0 Å². The average Bonchev–Trinajstić information content (AvgIpc) is 3.18. The first kappa shape index (κ1) is 17.5. The van der Waals surface area contributed by atoms with Crippen molar-refractivity contribution in [3.8, 4) is 17.0 Å². The molecule has 2 aromatic carbocycles. The molecule has 26 heavy (non-hydrogen) atoms. The van der Waals surface area contributed by atoms with Gasteiger partial charge in [-0.1, -0.05) is 48.5 Å². The number of ether oxygens (including phenoxy) is 1. The lowest BCUT2D eigenvalue weighted by Gasteiger charge is -2.11. The van der Waals surface area contributed by atoms with Crippen molar-refractivity contribution < 1.29 is 4.74 Å². The number of benzene rings is 2. The highest BCUT2D eigenvalue weighted by molar-refractivity contribution is 5.79. The number of para-hydroxylation sites is 1. The molecular formula is C20H23N5O. The van der Waals surface area contributed by atoms with Gasteiger partial charge in [-0.25, -0.2) is 4.98 Å². The molecule has 0 bridgehead atoms. The Kier molecular flexibility index (Phi) is 6.25. The number of imidazole rings is 1. The highest BCUT2D eigenvalue weighted by atomic mass is 16.5. The maximum absolute atomic E-state index is 5.65. The van der Waals surface area contributed by atoms with Gasteiger partial charge < -0.3 is 20.4 Å². The number of hydrogen-bond donors (Lipinski definition) is 3. The fourth-order valence-electron chi connectivity index (χ4n) is 2.46. The number of guanidine groups is 1. The van der Waals surface area contributed by atoms with Crippen LogP contribution in [0.1, 0.15) is 5.82 Å². The van der Waals surface area contributed by atoms with Crippen molar-refractivity contribution >= 4 is 5.96 Å². The number of aromatic amines is 1. The maximum Gasteiger partial charge on any atom is 0.191 e. The van der Waals surface area contributed by atoms with Crippen LogP contribution in [0, 0.1) is 0 Å². The van der Waals surface area contributed by atoms with E-state index in [2.05, 4.69) is 37.7 Å². The molecular weight excluding hydrogens is 326 g/mol. The maximum atomic E-state index is 5.65. The zero-order chi connectivity index (χ0) is 18.0. The number of nitrogens with one attached hydrogen (secondary N) is 3. The van der Waals surface area contributed by atoms with Crippen molar-refractivity contribution in [2.24, 2.45) is 4.99 Å². The summed E-state index contributed by atoms with van der Waals surface area (Å²) in [5, 5.41) is 6.46. The second-order valence-electron chi connectivity index (χ2n) is 5.62. The molecule has 0 spiro atoms. The van der Waals surface area contributed by atoms with Crippen molar-refractivity contribution in [3.05, 3.63) is 72.7 Å². The molecule has 6 nitrogen and oxygen atoms in total. The summed E-state index contributed by atoms with van der Waals surface area (Å²) >= 11 is 0. The quantitative estimate of drug-likeness (QED) is 0.348. The average molecular weight is 349 g/mol. The monoisotopic (exact) mass is 349 g/mol. The Morgan fingerprint density at radius 1 is 1.04 bits per heavy atom. The van der Waals surface area contributed by atoms with Gasteiger partial charge >= 0.3 is 0 Å². The molecule has 3 rings (SSSR count). The third kappa shape index (κ3) is 5.11. The van der Waals surface area contributed by atoms with Crippen molar-refractivity contribution in [2.45, 2.75) is 6.54 Å². The fourth-order valence-corrected chi connectivity index (χ4v) is 2.46. The summed E-state index contributed by atoms with van der Waals surface area (Å²) < 4.78 is 5.65. The van der Waals surface area contributed by atoms with E-state index < -0.39 is 0 Å². The summed E-state index contributed by atoms with van der Waals surface area (Å²) in [7, 11) is 1.74. The molecule has 0 saturated carbocycles. The Bertz CT molecular complexity index is 814. The number of H-pyrrole nitrogens is 1. The minimum Gasteiger partial charge on any atom is -0.492 e. The van der Waals surface area contributed by atoms with E-state index in [-0.39, 0.29) is 0 Å². The number of aliphatic imine (C=N–C) groups is 1. The van der Waals surface area contributed by atoms with E-state index >= 15 is 0 Å². The van der Waals surface area contributed by atoms with Gasteiger partial charge in [0.05, 0.1) is 25.0 Å². The standard InChI is InChI=1S/C20H23N5O/c1-21-20(22-12-13-26-17-10-6-3-7-11-17)24-15-19-23-14-18(25-19)16-8-4-2-5-9-16/h2-11,14H,12-13,15H2,1H3,(H,23,25)(H2,21,22,24). The van der Waals surface area contributed by atoms with Gasteiger partial charge in [0, 0.05) is 7.05 Å². The van der Waals surface area contributed by atoms with Crippen LogP contribution in [0.2, 0.25) is 0 Å². The van der Waals surface area contributed by atoms with Crippen LogP contribution in [-0.4, -0.2) is 36.1 Å². The summed E-state index contributed by atoms with van der Waals surface area (Å²) in [5.74, 6) is 2.42. The second kappa shape index (κ2) is 9.27. The molecule has 1 heterocycles. The third-order valence-corrected chi connectivity index (χ3v) is 3.77. The lowest BCUT2D eigenvalue weighted by Crippen LogP contribution is -2.39. The van der Waals surface area contributed by atoms with E-state index in [0.29, 0.717) is 25.7 Å². The molecule has 3 N–H and O–H groups in total. The molecule has 0 amide bonds. The van der Waals surface area contributed by atoms with Crippen LogP contribution in [-0.2, 0) is 6.54 Å². The van der Waals surface area contributed by atoms with Crippen LogP contribution in [0.15, 0.2) is 71.9 Å². The SMILES string of the molecule is CN=C(NCCOc1ccccc1)NCc1ncc(-c2ccccc2)[nH]1. The summed E-state index contributed by atoms with van der Waals surface area (Å²) in [6, 6.07) is 19.9. The molecule has 0 aliphatic heterocycles. The molecule has 1 aromatic heterocycles. The Morgan fingerprint density at radius 2 is 1.77 bits per heavy atom. The molecule has 134 valence electrons. The van der Waals surface area contributed by atoms with E-state index in [1.54, 1.807) is 7.05 Å². The molecule has 0 aliphatic rings. The van der Waals surface area contributed by atoms with Crippen LogP contribution < -0.4 is 15.4 Å². The van der Waals surface area contributed by atoms with Crippen LogP contribution in [0.3, 0.4) is 0 Å². The summed E-state index contributed by atoms with van der Waals surface area (Å²) in [5.41, 5.74) is 2.12. The van der Waals surface area contributed by atoms with Gasteiger partial charge in [-0.05, 0) is 17.7 Å². The third-order valence-electron chi connectivity index (χ3n) is 3.77. The first-order valence-electron chi connectivity index (χ1n) is 8.57. The van der Waals surface area contributed by atoms with Crippen LogP contribution in [0.25, 0.3) is 11.3 Å². The number of hydrogen-bond acceptors (Lipinski definition) is 3. The van der Waals surface area contributed by atoms with Crippen LogP contribution in [0.4, 0.5) is 0 Å². The van der Waals surface area contributed by atoms with Gasteiger partial charge in [0.15, 0.2) is 5.96 Å². The van der Waals surface area contributed by atoms with Crippen molar-refractivity contribution in [2.75, 3.05) is 20.2 Å². The zero-order valence-electron chi connectivity index (χ0n) is 14.8. The first-order valence-corrected chi connectivity index (χ1v) is 8.57. The van der Waals surface area contributed by atoms with E-state index in [0.717, 1.165) is 22.8 Å². The van der Waals surface area contributed by atoms with E-state index in [1.165, 1.54) is 0 Å². The molecule has 0 atom stereocenters. The number of rotatable bonds is 7. The molecule has 6 heteroatoms. The summed E-state index contributed by atoms with van der Waals surface area (Å²) in [6.45, 7) is 1.78. The van der Waals surface area contributed by atoms with Crippen LogP contribution >= 0.6 is 0 Å². The minimum atomic E-state index is 0.559. The van der Waals surface area contributed by atoms with Gasteiger partial charge in [0.25, 0.3) is 0 Å². The van der Waals surface area contributed by atoms with E-state index in [1.807, 2.05) is 54.7 Å². The highest BCUT2D eigenvalue weighted by Crippen LogP contribution is 2.15. The Labute approximate surface area is 153 Å². The Balaban J connectivity index is 1.42. The predicted molar refractivity (Wildman–Crippen MR) is 104 cm³/mol. The molecule has 0 radical (unpaired) electrons. The van der Waals surface area contributed by atoms with Crippen LogP contribution in [0.5, 0.6) is 5.75 Å². The minimum absolute atomic E-state index is 0.559. The predicted octanol–water partition coefficient (Wildman–Crippen LogP) is 2.82. The van der Waals surface area contributed by atoms with Crippen molar-refractivity contribution in [1.82, 2.24) is 20.6 Å². The van der Waals surface area contributed by atoms with Gasteiger partial charge in [0.2, 0.25) is 0 Å². The molecule has 0 fully saturated rings. The largest absolute Gasteiger partial charge is 0.492 e.